The Kier molecular flexibility index (Phi) is 6.25. The first-order valence-electron chi connectivity index (χ1n) is 10.7. The van der Waals surface area contributed by atoms with Gasteiger partial charge >= 0.3 is 0 Å². The molecule has 2 fully saturated rings. The molecule has 2 amide bonds. The van der Waals surface area contributed by atoms with E-state index in [1.54, 1.807) is 17.0 Å². The molecular formula is C24H29N3O2. The number of piperidine rings is 1. The van der Waals surface area contributed by atoms with Crippen molar-refractivity contribution in [2.75, 3.05) is 24.5 Å². The minimum atomic E-state index is -0.115. The van der Waals surface area contributed by atoms with E-state index in [1.165, 1.54) is 37.9 Å². The summed E-state index contributed by atoms with van der Waals surface area (Å²) in [5.74, 6) is 0.0168. The average molecular weight is 392 g/mol. The molecule has 5 nitrogen and oxygen atoms in total. The highest BCUT2D eigenvalue weighted by molar-refractivity contribution is 5.99. The van der Waals surface area contributed by atoms with Gasteiger partial charge in [-0.05, 0) is 61.7 Å². The zero-order chi connectivity index (χ0) is 20.1. The van der Waals surface area contributed by atoms with Crippen molar-refractivity contribution in [3.63, 3.8) is 0 Å². The van der Waals surface area contributed by atoms with Crippen LogP contribution in [0.3, 0.4) is 0 Å². The second-order valence-corrected chi connectivity index (χ2v) is 8.04. The van der Waals surface area contributed by atoms with E-state index in [-0.39, 0.29) is 11.8 Å². The van der Waals surface area contributed by atoms with Crippen molar-refractivity contribution in [1.29, 1.82) is 0 Å². The molecule has 0 spiro atoms. The molecular weight excluding hydrogens is 362 g/mol. The van der Waals surface area contributed by atoms with E-state index in [2.05, 4.69) is 34.5 Å². The number of amides is 2. The van der Waals surface area contributed by atoms with Crippen LogP contribution in [0.25, 0.3) is 0 Å². The van der Waals surface area contributed by atoms with Gasteiger partial charge in [0, 0.05) is 37.3 Å². The van der Waals surface area contributed by atoms with Crippen LogP contribution in [0.4, 0.5) is 5.69 Å². The van der Waals surface area contributed by atoms with E-state index in [4.69, 9.17) is 0 Å². The Bertz CT molecular complexity index is 857. The zero-order valence-electron chi connectivity index (χ0n) is 16.9. The topological polar surface area (TPSA) is 52.7 Å². The van der Waals surface area contributed by atoms with Crippen molar-refractivity contribution < 1.29 is 9.59 Å². The molecule has 4 rings (SSSR count). The molecule has 0 aromatic heterocycles. The van der Waals surface area contributed by atoms with Gasteiger partial charge in [0.2, 0.25) is 5.91 Å². The molecule has 5 heteroatoms. The number of hydrogen-bond donors (Lipinski definition) is 1. The minimum absolute atomic E-state index is 0.115. The number of nitrogens with zero attached hydrogens (tertiary/aromatic N) is 2. The van der Waals surface area contributed by atoms with Crippen LogP contribution in [-0.2, 0) is 17.9 Å². The molecule has 0 atom stereocenters. The lowest BCUT2D eigenvalue weighted by molar-refractivity contribution is -0.117. The second-order valence-electron chi connectivity index (χ2n) is 8.04. The zero-order valence-corrected chi connectivity index (χ0v) is 16.9. The molecule has 2 aliphatic heterocycles. The highest BCUT2D eigenvalue weighted by atomic mass is 16.2. The summed E-state index contributed by atoms with van der Waals surface area (Å²) >= 11 is 0. The molecule has 0 radical (unpaired) electrons. The fourth-order valence-electron chi connectivity index (χ4n) is 4.16. The first-order valence-corrected chi connectivity index (χ1v) is 10.7. The number of hydrogen-bond acceptors (Lipinski definition) is 3. The smallest absolute Gasteiger partial charge is 0.251 e. The Hall–Kier alpha value is -2.66. The van der Waals surface area contributed by atoms with E-state index >= 15 is 0 Å². The normalized spacial score (nSPS) is 17.5. The minimum Gasteiger partial charge on any atom is -0.348 e. The number of nitrogens with one attached hydrogen (secondary N) is 1. The third kappa shape index (κ3) is 5.04. The molecule has 2 aromatic rings. The summed E-state index contributed by atoms with van der Waals surface area (Å²) < 4.78 is 0. The van der Waals surface area contributed by atoms with Crippen molar-refractivity contribution in [2.24, 2.45) is 0 Å². The van der Waals surface area contributed by atoms with Gasteiger partial charge in [-0.2, -0.15) is 0 Å². The van der Waals surface area contributed by atoms with Gasteiger partial charge in [-0.15, -0.1) is 0 Å². The standard InChI is InChI=1S/C24H29N3O2/c28-23-8-5-15-27(23)22-7-4-6-21(16-22)24(29)25-17-19-9-11-20(12-10-19)18-26-13-2-1-3-14-26/h4,6-7,9-12,16H,1-3,5,8,13-15,17-18H2,(H,25,29). The summed E-state index contributed by atoms with van der Waals surface area (Å²) in [5.41, 5.74) is 3.81. The third-order valence-electron chi connectivity index (χ3n) is 5.82. The van der Waals surface area contributed by atoms with Crippen LogP contribution in [0.5, 0.6) is 0 Å². The second kappa shape index (κ2) is 9.23. The van der Waals surface area contributed by atoms with Gasteiger partial charge in [-0.1, -0.05) is 36.8 Å². The van der Waals surface area contributed by atoms with Crippen molar-refractivity contribution in [2.45, 2.75) is 45.2 Å². The lowest BCUT2D eigenvalue weighted by atomic mass is 10.1. The molecule has 29 heavy (non-hydrogen) atoms. The first-order chi connectivity index (χ1) is 14.2. The number of carbonyl (C=O) groups excluding carboxylic acids is 2. The number of likely N-dealkylation sites (tertiary alicyclic amines) is 1. The van der Waals surface area contributed by atoms with Crippen LogP contribution >= 0.6 is 0 Å². The predicted molar refractivity (Wildman–Crippen MR) is 115 cm³/mol. The molecule has 0 bridgehead atoms. The monoisotopic (exact) mass is 391 g/mol. The van der Waals surface area contributed by atoms with E-state index in [0.717, 1.165) is 30.8 Å². The van der Waals surface area contributed by atoms with E-state index in [0.29, 0.717) is 18.5 Å². The molecule has 2 saturated heterocycles. The van der Waals surface area contributed by atoms with Gasteiger partial charge in [0.15, 0.2) is 0 Å². The molecule has 152 valence electrons. The first kappa shape index (κ1) is 19.6. The lowest BCUT2D eigenvalue weighted by Crippen LogP contribution is -2.29. The third-order valence-corrected chi connectivity index (χ3v) is 5.82. The van der Waals surface area contributed by atoms with Crippen LogP contribution < -0.4 is 10.2 Å². The maximum absolute atomic E-state index is 12.6. The Balaban J connectivity index is 1.32. The Morgan fingerprint density at radius 2 is 1.66 bits per heavy atom. The lowest BCUT2D eigenvalue weighted by Gasteiger charge is -2.26. The maximum atomic E-state index is 12.6. The van der Waals surface area contributed by atoms with Crippen molar-refractivity contribution in [3.8, 4) is 0 Å². The Labute approximate surface area is 172 Å². The van der Waals surface area contributed by atoms with E-state index in [9.17, 15) is 9.59 Å². The SMILES string of the molecule is O=C(NCc1ccc(CN2CCCCC2)cc1)c1cccc(N2CCCC2=O)c1. The summed E-state index contributed by atoms with van der Waals surface area (Å²) in [6.45, 7) is 4.62. The van der Waals surface area contributed by atoms with Crippen molar-refractivity contribution in [3.05, 3.63) is 65.2 Å². The number of carbonyl (C=O) groups is 2. The fraction of sp³-hybridized carbons (Fsp3) is 0.417. The summed E-state index contributed by atoms with van der Waals surface area (Å²) in [5, 5.41) is 2.99. The molecule has 0 unspecified atom stereocenters. The summed E-state index contributed by atoms with van der Waals surface area (Å²) in [4.78, 5) is 28.8. The highest BCUT2D eigenvalue weighted by Crippen LogP contribution is 2.22. The van der Waals surface area contributed by atoms with Gasteiger partial charge in [0.1, 0.15) is 0 Å². The molecule has 2 aliphatic rings. The molecule has 1 N–H and O–H groups in total. The van der Waals surface area contributed by atoms with E-state index in [1.807, 2.05) is 12.1 Å². The van der Waals surface area contributed by atoms with Crippen molar-refractivity contribution in [1.82, 2.24) is 10.2 Å². The van der Waals surface area contributed by atoms with Gasteiger partial charge < -0.3 is 10.2 Å². The predicted octanol–water partition coefficient (Wildman–Crippen LogP) is 3.73. The molecule has 2 heterocycles. The quantitative estimate of drug-likeness (QED) is 0.816. The average Bonchev–Trinajstić information content (AvgIpc) is 3.20. The Morgan fingerprint density at radius 1 is 0.897 bits per heavy atom. The fourth-order valence-corrected chi connectivity index (χ4v) is 4.16. The van der Waals surface area contributed by atoms with Crippen LogP contribution in [0.15, 0.2) is 48.5 Å². The van der Waals surface area contributed by atoms with E-state index < -0.39 is 0 Å². The molecule has 0 aliphatic carbocycles. The van der Waals surface area contributed by atoms with Crippen LogP contribution in [0.1, 0.15) is 53.6 Å². The van der Waals surface area contributed by atoms with Crippen LogP contribution in [0.2, 0.25) is 0 Å². The number of anilines is 1. The van der Waals surface area contributed by atoms with Gasteiger partial charge in [-0.3, -0.25) is 14.5 Å². The summed E-state index contributed by atoms with van der Waals surface area (Å²) in [6, 6.07) is 15.8. The number of benzene rings is 2. The molecule has 0 saturated carbocycles. The highest BCUT2D eigenvalue weighted by Gasteiger charge is 2.22. The summed E-state index contributed by atoms with van der Waals surface area (Å²) in [6.07, 6.45) is 5.42. The van der Waals surface area contributed by atoms with Gasteiger partial charge in [0.05, 0.1) is 0 Å². The van der Waals surface area contributed by atoms with Gasteiger partial charge in [0.25, 0.3) is 5.91 Å². The van der Waals surface area contributed by atoms with Crippen LogP contribution in [-0.4, -0.2) is 36.3 Å². The van der Waals surface area contributed by atoms with Gasteiger partial charge in [-0.25, -0.2) is 0 Å². The number of rotatable bonds is 6. The van der Waals surface area contributed by atoms with Crippen LogP contribution in [0, 0.1) is 0 Å². The maximum Gasteiger partial charge on any atom is 0.251 e. The Morgan fingerprint density at radius 3 is 2.38 bits per heavy atom. The largest absolute Gasteiger partial charge is 0.348 e. The summed E-state index contributed by atoms with van der Waals surface area (Å²) in [7, 11) is 0. The van der Waals surface area contributed by atoms with Crippen molar-refractivity contribution >= 4 is 17.5 Å². The molecule has 2 aromatic carbocycles.